The van der Waals surface area contributed by atoms with Crippen molar-refractivity contribution in [3.8, 4) is 0 Å². The van der Waals surface area contributed by atoms with Crippen molar-refractivity contribution in [1.82, 2.24) is 24.0 Å². The molecule has 0 aliphatic heterocycles. The Morgan fingerprint density at radius 2 is 1.80 bits per heavy atom. The Labute approximate surface area is 174 Å². The van der Waals surface area contributed by atoms with Crippen LogP contribution in [0.2, 0.25) is 0 Å². The smallest absolute Gasteiger partial charge is 0.309 e. The Hall–Kier alpha value is -3.42. The van der Waals surface area contributed by atoms with Crippen LogP contribution >= 0.6 is 0 Å². The lowest BCUT2D eigenvalue weighted by atomic mass is 10.0. The van der Waals surface area contributed by atoms with E-state index in [-0.39, 0.29) is 18.1 Å². The standard InChI is InChI=1S/C22H26N6O2/c1-6-7-26-20(16(5)11-23-26)24-19(29)12-27-22(30)28-18-9-13(2)8-14(3)17(18)10-15(4)21(28)25-27/h8-11H,6-7,12H2,1-5H3,(H,24,29). The average Bonchev–Trinajstić information content (AvgIpc) is 3.19. The van der Waals surface area contributed by atoms with Gasteiger partial charge in [-0.2, -0.15) is 5.10 Å². The van der Waals surface area contributed by atoms with Gasteiger partial charge in [-0.25, -0.2) is 18.6 Å². The van der Waals surface area contributed by atoms with Crippen LogP contribution in [0.3, 0.4) is 0 Å². The number of pyridine rings is 1. The summed E-state index contributed by atoms with van der Waals surface area (Å²) in [6.45, 7) is 10.5. The number of nitrogens with one attached hydrogen (secondary N) is 1. The van der Waals surface area contributed by atoms with E-state index < -0.39 is 0 Å². The van der Waals surface area contributed by atoms with Gasteiger partial charge in [0.2, 0.25) is 5.91 Å². The van der Waals surface area contributed by atoms with Crippen LogP contribution in [0.25, 0.3) is 16.6 Å². The van der Waals surface area contributed by atoms with Crippen LogP contribution in [-0.4, -0.2) is 29.9 Å². The molecule has 1 amide bonds. The van der Waals surface area contributed by atoms with Crippen molar-refractivity contribution in [2.24, 2.45) is 0 Å². The highest BCUT2D eigenvalue weighted by Gasteiger charge is 2.17. The lowest BCUT2D eigenvalue weighted by Crippen LogP contribution is -2.29. The third-order valence-corrected chi connectivity index (χ3v) is 5.31. The first-order chi connectivity index (χ1) is 14.3. The van der Waals surface area contributed by atoms with E-state index in [9.17, 15) is 9.59 Å². The van der Waals surface area contributed by atoms with E-state index in [1.807, 2.05) is 39.8 Å². The Morgan fingerprint density at radius 1 is 1.03 bits per heavy atom. The molecule has 0 aliphatic rings. The van der Waals surface area contributed by atoms with Crippen LogP contribution in [0, 0.1) is 27.7 Å². The van der Waals surface area contributed by atoms with E-state index >= 15 is 0 Å². The van der Waals surface area contributed by atoms with Gasteiger partial charge in [0.1, 0.15) is 12.4 Å². The summed E-state index contributed by atoms with van der Waals surface area (Å²) < 4.78 is 4.60. The van der Waals surface area contributed by atoms with Crippen LogP contribution in [0.15, 0.2) is 29.2 Å². The zero-order chi connectivity index (χ0) is 21.6. The molecule has 1 N–H and O–H groups in total. The number of fused-ring (bicyclic) bond motifs is 3. The third-order valence-electron chi connectivity index (χ3n) is 5.31. The molecule has 0 fully saturated rings. The van der Waals surface area contributed by atoms with E-state index in [4.69, 9.17) is 0 Å². The van der Waals surface area contributed by atoms with Gasteiger partial charge in [0.25, 0.3) is 0 Å². The fraction of sp³-hybridized carbons (Fsp3) is 0.364. The fourth-order valence-electron chi connectivity index (χ4n) is 3.92. The maximum atomic E-state index is 13.2. The molecule has 3 aromatic heterocycles. The molecule has 0 spiro atoms. The summed E-state index contributed by atoms with van der Waals surface area (Å²) in [5.41, 5.74) is 5.00. The van der Waals surface area contributed by atoms with Gasteiger partial charge in [-0.05, 0) is 62.9 Å². The number of amides is 1. The molecule has 0 saturated heterocycles. The molecule has 0 atom stereocenters. The number of hydrogen-bond donors (Lipinski definition) is 1. The summed E-state index contributed by atoms with van der Waals surface area (Å²) in [5, 5.41) is 12.6. The van der Waals surface area contributed by atoms with Gasteiger partial charge in [0.05, 0.1) is 11.7 Å². The van der Waals surface area contributed by atoms with Crippen molar-refractivity contribution in [3.05, 3.63) is 57.1 Å². The lowest BCUT2D eigenvalue weighted by molar-refractivity contribution is -0.117. The average molecular weight is 406 g/mol. The monoisotopic (exact) mass is 406 g/mol. The maximum absolute atomic E-state index is 13.2. The minimum atomic E-state index is -0.322. The first-order valence-electron chi connectivity index (χ1n) is 10.1. The van der Waals surface area contributed by atoms with Crippen LogP contribution in [0.4, 0.5) is 5.82 Å². The van der Waals surface area contributed by atoms with Gasteiger partial charge < -0.3 is 5.32 Å². The highest BCUT2D eigenvalue weighted by atomic mass is 16.2. The molecule has 8 nitrogen and oxygen atoms in total. The molecule has 4 rings (SSSR count). The molecule has 156 valence electrons. The van der Waals surface area contributed by atoms with Crippen molar-refractivity contribution >= 4 is 28.3 Å². The lowest BCUT2D eigenvalue weighted by Gasteiger charge is -2.09. The van der Waals surface area contributed by atoms with Crippen molar-refractivity contribution < 1.29 is 4.79 Å². The van der Waals surface area contributed by atoms with Crippen LogP contribution in [-0.2, 0) is 17.9 Å². The number of rotatable bonds is 5. The third kappa shape index (κ3) is 3.28. The van der Waals surface area contributed by atoms with Crippen LogP contribution < -0.4 is 11.0 Å². The maximum Gasteiger partial charge on any atom is 0.351 e. The van der Waals surface area contributed by atoms with E-state index in [1.165, 1.54) is 4.68 Å². The minimum Gasteiger partial charge on any atom is -0.309 e. The van der Waals surface area contributed by atoms with Crippen molar-refractivity contribution in [3.63, 3.8) is 0 Å². The second-order valence-corrected chi connectivity index (χ2v) is 7.89. The predicted octanol–water partition coefficient (Wildman–Crippen LogP) is 3.13. The highest BCUT2D eigenvalue weighted by molar-refractivity contribution is 5.90. The normalized spacial score (nSPS) is 11.5. The van der Waals surface area contributed by atoms with Gasteiger partial charge in [-0.3, -0.25) is 4.79 Å². The van der Waals surface area contributed by atoms with Gasteiger partial charge in [-0.15, -0.1) is 5.10 Å². The van der Waals surface area contributed by atoms with E-state index in [2.05, 4.69) is 28.5 Å². The van der Waals surface area contributed by atoms with Gasteiger partial charge in [0, 0.05) is 17.5 Å². The Balaban J connectivity index is 1.74. The zero-order valence-electron chi connectivity index (χ0n) is 18.0. The summed E-state index contributed by atoms with van der Waals surface area (Å²) >= 11 is 0. The molecule has 0 aliphatic carbocycles. The Morgan fingerprint density at radius 3 is 2.53 bits per heavy atom. The van der Waals surface area contributed by atoms with Crippen LogP contribution in [0.5, 0.6) is 0 Å². The molecular weight excluding hydrogens is 380 g/mol. The summed E-state index contributed by atoms with van der Waals surface area (Å²) in [5.74, 6) is 0.349. The molecule has 0 bridgehead atoms. The van der Waals surface area contributed by atoms with Gasteiger partial charge in [0.15, 0.2) is 5.65 Å². The SMILES string of the molecule is CCCn1ncc(C)c1NC(=O)Cn1nc2c(C)cc3c(C)cc(C)cc3n2c1=O. The zero-order valence-corrected chi connectivity index (χ0v) is 18.0. The quantitative estimate of drug-likeness (QED) is 0.552. The molecule has 0 unspecified atom stereocenters. The molecule has 1 aromatic carbocycles. The molecule has 0 saturated carbocycles. The minimum absolute atomic E-state index is 0.164. The van der Waals surface area contributed by atoms with Gasteiger partial charge >= 0.3 is 5.69 Å². The number of carbonyl (C=O) groups is 1. The second kappa shape index (κ2) is 7.44. The Bertz CT molecular complexity index is 1340. The summed E-state index contributed by atoms with van der Waals surface area (Å²) in [4.78, 5) is 25.9. The fourth-order valence-corrected chi connectivity index (χ4v) is 3.92. The number of benzene rings is 1. The number of hydrogen-bond acceptors (Lipinski definition) is 4. The molecular formula is C22H26N6O2. The summed E-state index contributed by atoms with van der Waals surface area (Å²) in [7, 11) is 0. The van der Waals surface area contributed by atoms with Crippen LogP contribution in [0.1, 0.15) is 35.6 Å². The number of aromatic nitrogens is 5. The van der Waals surface area contributed by atoms with Crippen molar-refractivity contribution in [1.29, 1.82) is 0 Å². The summed E-state index contributed by atoms with van der Waals surface area (Å²) in [6.07, 6.45) is 2.63. The Kier molecular flexibility index (Phi) is 4.93. The van der Waals surface area contributed by atoms with E-state index in [1.54, 1.807) is 15.3 Å². The summed E-state index contributed by atoms with van der Waals surface area (Å²) in [6, 6.07) is 6.12. The molecule has 8 heteroatoms. The number of aryl methyl sites for hydroxylation is 5. The topological polar surface area (TPSA) is 86.2 Å². The molecule has 4 aromatic rings. The van der Waals surface area contributed by atoms with E-state index in [0.29, 0.717) is 18.0 Å². The molecule has 0 radical (unpaired) electrons. The number of carbonyl (C=O) groups excluding carboxylic acids is 1. The van der Waals surface area contributed by atoms with Crippen molar-refractivity contribution in [2.75, 3.05) is 5.32 Å². The van der Waals surface area contributed by atoms with E-state index in [0.717, 1.165) is 39.6 Å². The molecule has 30 heavy (non-hydrogen) atoms. The molecule has 3 heterocycles. The highest BCUT2D eigenvalue weighted by Crippen LogP contribution is 2.23. The van der Waals surface area contributed by atoms with Crippen molar-refractivity contribution in [2.45, 2.75) is 54.1 Å². The first-order valence-corrected chi connectivity index (χ1v) is 10.1. The first kappa shape index (κ1) is 19.9. The number of anilines is 1. The van der Waals surface area contributed by atoms with Gasteiger partial charge in [-0.1, -0.05) is 13.0 Å². The second-order valence-electron chi connectivity index (χ2n) is 7.89. The number of nitrogens with zero attached hydrogens (tertiary/aromatic N) is 5. The largest absolute Gasteiger partial charge is 0.351 e. The predicted molar refractivity (Wildman–Crippen MR) is 117 cm³/mol.